The molecule has 2 aliphatic heterocycles. The number of ether oxygens (including phenoxy) is 6. The van der Waals surface area contributed by atoms with Gasteiger partial charge in [-0.05, 0) is 60.5 Å². The first-order valence-corrected chi connectivity index (χ1v) is 20.3. The van der Waals surface area contributed by atoms with Crippen LogP contribution >= 0.6 is 0 Å². The minimum Gasteiger partial charge on any atom is -0.496 e. The Morgan fingerprint density at radius 1 is 0.859 bits per heavy atom. The van der Waals surface area contributed by atoms with E-state index in [0.717, 1.165) is 16.0 Å². The van der Waals surface area contributed by atoms with Crippen LogP contribution in [-0.4, -0.2) is 163 Å². The predicted octanol–water partition coefficient (Wildman–Crippen LogP) is 2.31. The molecule has 0 saturated carbocycles. The summed E-state index contributed by atoms with van der Waals surface area (Å²) in [5.74, 6) is -3.07. The molecule has 20 heteroatoms. The summed E-state index contributed by atoms with van der Waals surface area (Å²) in [6.07, 6.45) is -10.4. The molecule has 5 N–H and O–H groups in total. The lowest BCUT2D eigenvalue weighted by Crippen LogP contribution is -2.61. The Morgan fingerprint density at radius 2 is 1.58 bits per heavy atom. The molecular formula is C44H50N4O16. The SMILES string of the molecule is COc1ccc2c3c(c4ccccc4cc13)C(=O)N(CCN(C)C(=O)OCc1ccc(O[C@@H]3O[C@H](C(=O)O)[C@@H](O)[C@H](O)[C@H]3O)c(C(=O)NCCOCCOCCON=C(C)C)c1)C2=O. The molecular weight excluding hydrogens is 840 g/mol. The van der Waals surface area contributed by atoms with Gasteiger partial charge in [-0.3, -0.25) is 19.3 Å². The Bertz CT molecular complexity index is 2400. The van der Waals surface area contributed by atoms with Crippen molar-refractivity contribution in [3.63, 3.8) is 0 Å². The number of aliphatic hydroxyl groups excluding tert-OH is 3. The summed E-state index contributed by atoms with van der Waals surface area (Å²) < 4.78 is 33.0. The summed E-state index contributed by atoms with van der Waals surface area (Å²) >= 11 is 0. The second kappa shape index (κ2) is 21.3. The van der Waals surface area contributed by atoms with Crippen LogP contribution in [0.3, 0.4) is 0 Å². The predicted molar refractivity (Wildman–Crippen MR) is 226 cm³/mol. The quantitative estimate of drug-likeness (QED) is 0.0280. The molecule has 64 heavy (non-hydrogen) atoms. The zero-order valence-corrected chi connectivity index (χ0v) is 35.6. The van der Waals surface area contributed by atoms with Gasteiger partial charge in [0, 0.05) is 43.0 Å². The molecule has 0 spiro atoms. The van der Waals surface area contributed by atoms with E-state index in [4.69, 9.17) is 33.3 Å². The van der Waals surface area contributed by atoms with E-state index in [2.05, 4.69) is 10.5 Å². The Kier molecular flexibility index (Phi) is 15.7. The van der Waals surface area contributed by atoms with Crippen molar-refractivity contribution in [2.45, 2.75) is 51.2 Å². The average Bonchev–Trinajstić information content (AvgIpc) is 3.28. The van der Waals surface area contributed by atoms with E-state index in [1.807, 2.05) is 24.3 Å². The standard InChI is InChI=1S/C44H50N4O16/c1-24(2)46-62-20-19-60-18-17-59-16-13-45-39(52)30-21-25(9-11-32(30)63-43-37(51)35(49)36(50)38(64-43)42(55)56)23-61-44(57)47(3)14-15-48-40(53)28-10-12-31(58-4)29-22-26-7-5-6-8-27(26)34(33(28)29)41(48)54/h5-12,21-22,35-38,43,49-51H,13-20,23H2,1-4H3,(H,45,52)(H,55,56)/t35-,36-,37+,38-,43+/m0/s1. The summed E-state index contributed by atoms with van der Waals surface area (Å²) in [4.78, 5) is 73.6. The van der Waals surface area contributed by atoms with Gasteiger partial charge in [0.1, 0.15) is 43.0 Å². The Hall–Kier alpha value is -6.42. The molecule has 0 aromatic heterocycles. The van der Waals surface area contributed by atoms with Crippen molar-refractivity contribution in [2.75, 3.05) is 66.8 Å². The summed E-state index contributed by atoms with van der Waals surface area (Å²) in [5.41, 5.74) is 1.60. The number of oxime groups is 1. The molecule has 0 aliphatic carbocycles. The van der Waals surface area contributed by atoms with Gasteiger partial charge in [-0.1, -0.05) is 35.5 Å². The summed E-state index contributed by atoms with van der Waals surface area (Å²) in [6, 6.07) is 16.6. The van der Waals surface area contributed by atoms with Crippen molar-refractivity contribution in [3.05, 3.63) is 82.9 Å². The van der Waals surface area contributed by atoms with E-state index < -0.39 is 60.5 Å². The lowest BCUT2D eigenvalue weighted by molar-refractivity contribution is -0.271. The first-order valence-electron chi connectivity index (χ1n) is 20.3. The van der Waals surface area contributed by atoms with Crippen LogP contribution in [0.15, 0.2) is 65.8 Å². The Balaban J connectivity index is 1.09. The number of carboxylic acid groups (broad SMARTS) is 1. The number of rotatable bonds is 20. The summed E-state index contributed by atoms with van der Waals surface area (Å²) in [7, 11) is 2.95. The van der Waals surface area contributed by atoms with Crippen LogP contribution in [0.4, 0.5) is 4.79 Å². The van der Waals surface area contributed by atoms with E-state index in [-0.39, 0.29) is 64.0 Å². The number of amides is 4. The van der Waals surface area contributed by atoms with E-state index >= 15 is 0 Å². The highest BCUT2D eigenvalue weighted by molar-refractivity contribution is 6.31. The van der Waals surface area contributed by atoms with Crippen LogP contribution in [0.25, 0.3) is 21.5 Å². The largest absolute Gasteiger partial charge is 0.496 e. The summed E-state index contributed by atoms with van der Waals surface area (Å²) in [6.45, 7) is 4.15. The van der Waals surface area contributed by atoms with Crippen molar-refractivity contribution in [1.29, 1.82) is 0 Å². The third-order valence-electron chi connectivity index (χ3n) is 10.3. The highest BCUT2D eigenvalue weighted by Gasteiger charge is 2.48. The number of nitrogens with zero attached hydrogens (tertiary/aromatic N) is 3. The van der Waals surface area contributed by atoms with Gasteiger partial charge in [-0.2, -0.15) is 0 Å². The van der Waals surface area contributed by atoms with Crippen LogP contribution in [0.5, 0.6) is 11.5 Å². The van der Waals surface area contributed by atoms with Crippen molar-refractivity contribution in [2.24, 2.45) is 5.16 Å². The van der Waals surface area contributed by atoms with E-state index in [1.165, 1.54) is 37.3 Å². The molecule has 0 radical (unpaired) electrons. The number of aliphatic hydroxyl groups is 3. The maximum atomic E-state index is 14.0. The number of imide groups is 1. The van der Waals surface area contributed by atoms with Crippen LogP contribution in [0, 0.1) is 0 Å². The number of carbonyl (C=O) groups excluding carboxylic acids is 4. The maximum absolute atomic E-state index is 14.0. The van der Waals surface area contributed by atoms with Gasteiger partial charge in [-0.15, -0.1) is 0 Å². The van der Waals surface area contributed by atoms with Crippen molar-refractivity contribution in [1.82, 2.24) is 15.1 Å². The van der Waals surface area contributed by atoms with Crippen molar-refractivity contribution >= 4 is 57.0 Å². The molecule has 1 fully saturated rings. The van der Waals surface area contributed by atoms with Gasteiger partial charge in [-0.25, -0.2) is 9.59 Å². The molecule has 5 atom stereocenters. The van der Waals surface area contributed by atoms with Gasteiger partial charge >= 0.3 is 12.1 Å². The molecule has 0 bridgehead atoms. The highest BCUT2D eigenvalue weighted by atomic mass is 16.7. The fourth-order valence-corrected chi connectivity index (χ4v) is 7.05. The lowest BCUT2D eigenvalue weighted by Gasteiger charge is -2.38. The third-order valence-corrected chi connectivity index (χ3v) is 10.3. The number of likely N-dealkylation sites (N-methyl/N-ethyl adjacent to an activating group) is 1. The molecule has 342 valence electrons. The zero-order chi connectivity index (χ0) is 46.1. The minimum atomic E-state index is -1.97. The topological polar surface area (TPSA) is 262 Å². The average molecular weight is 891 g/mol. The number of nitrogens with one attached hydrogen (secondary N) is 1. The van der Waals surface area contributed by atoms with Crippen LogP contribution in [0.2, 0.25) is 0 Å². The molecule has 4 amide bonds. The van der Waals surface area contributed by atoms with Gasteiger partial charge < -0.3 is 63.9 Å². The second-order valence-corrected chi connectivity index (χ2v) is 15.0. The van der Waals surface area contributed by atoms with Crippen LogP contribution < -0.4 is 14.8 Å². The number of carbonyl (C=O) groups is 5. The first-order chi connectivity index (χ1) is 30.7. The number of carboxylic acids is 1. The third kappa shape index (κ3) is 10.7. The van der Waals surface area contributed by atoms with E-state index in [1.54, 1.807) is 32.0 Å². The number of aliphatic carboxylic acids is 1. The molecule has 20 nitrogen and oxygen atoms in total. The fourth-order valence-electron chi connectivity index (χ4n) is 7.05. The van der Waals surface area contributed by atoms with Crippen LogP contribution in [0.1, 0.15) is 50.5 Å². The van der Waals surface area contributed by atoms with E-state index in [0.29, 0.717) is 45.2 Å². The van der Waals surface area contributed by atoms with Gasteiger partial charge in [0.05, 0.1) is 50.4 Å². The zero-order valence-electron chi connectivity index (χ0n) is 35.6. The molecule has 4 aromatic carbocycles. The minimum absolute atomic E-state index is 0.0254. The van der Waals surface area contributed by atoms with Crippen molar-refractivity contribution < 1.29 is 77.7 Å². The normalized spacial score (nSPS) is 19.3. The van der Waals surface area contributed by atoms with E-state index in [9.17, 15) is 44.4 Å². The maximum Gasteiger partial charge on any atom is 0.409 e. The Labute approximate surface area is 366 Å². The Morgan fingerprint density at radius 3 is 2.31 bits per heavy atom. The second-order valence-electron chi connectivity index (χ2n) is 15.0. The molecule has 0 unspecified atom stereocenters. The molecule has 6 rings (SSSR count). The molecule has 2 heterocycles. The number of benzene rings is 4. The summed E-state index contributed by atoms with van der Waals surface area (Å²) in [5, 5.41) is 49.5. The number of hydrogen-bond donors (Lipinski definition) is 5. The number of fused-ring (bicyclic) bond motifs is 2. The lowest BCUT2D eigenvalue weighted by atomic mass is 9.89. The molecule has 4 aromatic rings. The number of methoxy groups -OCH3 is 1. The molecule has 1 saturated heterocycles. The first kappa shape index (κ1) is 47.1. The van der Waals surface area contributed by atoms with Crippen LogP contribution in [-0.2, 0) is 35.2 Å². The fraction of sp³-hybridized carbons (Fsp3) is 0.409. The van der Waals surface area contributed by atoms with Gasteiger partial charge in [0.15, 0.2) is 6.10 Å². The van der Waals surface area contributed by atoms with Gasteiger partial charge in [0.2, 0.25) is 6.29 Å². The molecule has 2 aliphatic rings. The van der Waals surface area contributed by atoms with Crippen molar-refractivity contribution in [3.8, 4) is 11.5 Å². The number of hydrogen-bond acceptors (Lipinski definition) is 16. The smallest absolute Gasteiger partial charge is 0.409 e. The monoisotopic (exact) mass is 890 g/mol. The van der Waals surface area contributed by atoms with Gasteiger partial charge in [0.25, 0.3) is 17.7 Å². The highest BCUT2D eigenvalue weighted by Crippen LogP contribution is 2.40.